The van der Waals surface area contributed by atoms with Crippen LogP contribution in [0.5, 0.6) is 5.75 Å². The molecule has 0 amide bonds. The highest BCUT2D eigenvalue weighted by atomic mass is 127. The standard InChI is InChI=1S/C16H28N4O3S.HI/c1-5-18-16(19-8-9-24(17,21)22)20-11-14-7-6-13(4)10-15(14)23-12(2)3;/h6-7,10,12H,5,8-9,11H2,1-4H3,(H2,17,21,22)(H2,18,19,20);1H. The number of rotatable bonds is 8. The molecule has 144 valence electrons. The Morgan fingerprint density at radius 3 is 2.56 bits per heavy atom. The predicted octanol–water partition coefficient (Wildman–Crippen LogP) is 1.74. The third-order valence-electron chi connectivity index (χ3n) is 3.02. The largest absolute Gasteiger partial charge is 0.491 e. The number of halogens is 1. The molecule has 4 N–H and O–H groups in total. The van der Waals surface area contributed by atoms with Crippen molar-refractivity contribution in [1.82, 2.24) is 10.6 Å². The molecule has 0 aromatic heterocycles. The molecule has 0 spiro atoms. The number of aryl methyl sites for hydroxylation is 1. The van der Waals surface area contributed by atoms with Crippen LogP contribution in [0.2, 0.25) is 0 Å². The van der Waals surface area contributed by atoms with Gasteiger partial charge in [0, 0.05) is 18.7 Å². The summed E-state index contributed by atoms with van der Waals surface area (Å²) in [4.78, 5) is 4.48. The van der Waals surface area contributed by atoms with Gasteiger partial charge in [-0.15, -0.1) is 24.0 Å². The third kappa shape index (κ3) is 10.5. The average molecular weight is 484 g/mol. The summed E-state index contributed by atoms with van der Waals surface area (Å²) in [5, 5.41) is 11.0. The summed E-state index contributed by atoms with van der Waals surface area (Å²) < 4.78 is 27.8. The number of sulfonamides is 1. The lowest BCUT2D eigenvalue weighted by atomic mass is 10.1. The molecule has 0 heterocycles. The van der Waals surface area contributed by atoms with Gasteiger partial charge >= 0.3 is 0 Å². The van der Waals surface area contributed by atoms with Crippen LogP contribution >= 0.6 is 24.0 Å². The highest BCUT2D eigenvalue weighted by Crippen LogP contribution is 2.22. The SMILES string of the molecule is CCNC(=NCc1ccc(C)cc1OC(C)C)NCCS(N)(=O)=O.I. The summed E-state index contributed by atoms with van der Waals surface area (Å²) in [6.45, 7) is 9.21. The fourth-order valence-corrected chi connectivity index (χ4v) is 2.36. The van der Waals surface area contributed by atoms with Crippen molar-refractivity contribution in [2.24, 2.45) is 10.1 Å². The summed E-state index contributed by atoms with van der Waals surface area (Å²) in [5.74, 6) is 1.20. The van der Waals surface area contributed by atoms with Gasteiger partial charge in [0.15, 0.2) is 5.96 Å². The Kier molecular flexibility index (Phi) is 11.0. The van der Waals surface area contributed by atoms with Crippen molar-refractivity contribution in [2.45, 2.75) is 40.3 Å². The van der Waals surface area contributed by atoms with Gasteiger partial charge in [-0.2, -0.15) is 0 Å². The highest BCUT2D eigenvalue weighted by Gasteiger charge is 2.07. The molecule has 0 aliphatic carbocycles. The van der Waals surface area contributed by atoms with Crippen LogP contribution < -0.4 is 20.5 Å². The summed E-state index contributed by atoms with van der Waals surface area (Å²) >= 11 is 0. The topological polar surface area (TPSA) is 106 Å². The minimum absolute atomic E-state index is 0. The van der Waals surface area contributed by atoms with E-state index in [1.165, 1.54) is 0 Å². The lowest BCUT2D eigenvalue weighted by Gasteiger charge is -2.15. The van der Waals surface area contributed by atoms with E-state index < -0.39 is 10.0 Å². The first-order valence-electron chi connectivity index (χ1n) is 8.00. The zero-order valence-electron chi connectivity index (χ0n) is 15.2. The summed E-state index contributed by atoms with van der Waals surface area (Å²) in [6.07, 6.45) is 0.0793. The lowest BCUT2D eigenvalue weighted by Crippen LogP contribution is -2.40. The van der Waals surface area contributed by atoms with Gasteiger partial charge in [-0.1, -0.05) is 12.1 Å². The number of ether oxygens (including phenoxy) is 1. The highest BCUT2D eigenvalue weighted by molar-refractivity contribution is 14.0. The number of aliphatic imine (C=N–C) groups is 1. The maximum atomic E-state index is 11.0. The number of hydrogen-bond donors (Lipinski definition) is 3. The van der Waals surface area contributed by atoms with Crippen molar-refractivity contribution in [1.29, 1.82) is 0 Å². The summed E-state index contributed by atoms with van der Waals surface area (Å²) in [5.41, 5.74) is 2.09. The molecular formula is C16H29IN4O3S. The summed E-state index contributed by atoms with van der Waals surface area (Å²) in [6, 6.07) is 6.00. The Bertz CT molecular complexity index is 663. The van der Waals surface area contributed by atoms with E-state index >= 15 is 0 Å². The Hall–Kier alpha value is -1.07. The van der Waals surface area contributed by atoms with E-state index in [0.29, 0.717) is 19.0 Å². The Balaban J connectivity index is 0.00000576. The van der Waals surface area contributed by atoms with Gasteiger partial charge in [-0.3, -0.25) is 0 Å². The van der Waals surface area contributed by atoms with Gasteiger partial charge in [0.05, 0.1) is 18.4 Å². The molecule has 0 fully saturated rings. The molecule has 0 bridgehead atoms. The van der Waals surface area contributed by atoms with E-state index in [-0.39, 0.29) is 42.4 Å². The van der Waals surface area contributed by atoms with E-state index in [4.69, 9.17) is 9.88 Å². The van der Waals surface area contributed by atoms with Crippen LogP contribution in [0.3, 0.4) is 0 Å². The van der Waals surface area contributed by atoms with E-state index in [2.05, 4.69) is 15.6 Å². The molecule has 1 aromatic rings. The number of nitrogens with zero attached hydrogens (tertiary/aromatic N) is 1. The molecule has 0 radical (unpaired) electrons. The van der Waals surface area contributed by atoms with Gasteiger partial charge in [0.2, 0.25) is 10.0 Å². The van der Waals surface area contributed by atoms with Crippen molar-refractivity contribution < 1.29 is 13.2 Å². The van der Waals surface area contributed by atoms with Crippen LogP contribution in [0, 0.1) is 6.92 Å². The van der Waals surface area contributed by atoms with Gasteiger partial charge in [0.1, 0.15) is 5.75 Å². The van der Waals surface area contributed by atoms with Crippen LogP contribution in [0.25, 0.3) is 0 Å². The van der Waals surface area contributed by atoms with Crippen LogP contribution in [0.15, 0.2) is 23.2 Å². The molecule has 25 heavy (non-hydrogen) atoms. The fourth-order valence-electron chi connectivity index (χ4n) is 1.97. The molecule has 0 unspecified atom stereocenters. The van der Waals surface area contributed by atoms with E-state index in [0.717, 1.165) is 16.9 Å². The molecule has 0 saturated carbocycles. The second-order valence-electron chi connectivity index (χ2n) is 5.77. The number of nitrogens with one attached hydrogen (secondary N) is 2. The van der Waals surface area contributed by atoms with Crippen LogP contribution in [0.1, 0.15) is 31.9 Å². The van der Waals surface area contributed by atoms with E-state index in [1.54, 1.807) is 0 Å². The van der Waals surface area contributed by atoms with E-state index in [1.807, 2.05) is 45.9 Å². The molecule has 9 heteroatoms. The minimum Gasteiger partial charge on any atom is -0.491 e. The Labute approximate surface area is 167 Å². The van der Waals surface area contributed by atoms with Gasteiger partial charge < -0.3 is 15.4 Å². The van der Waals surface area contributed by atoms with Crippen molar-refractivity contribution >= 4 is 40.0 Å². The first-order valence-corrected chi connectivity index (χ1v) is 9.71. The Morgan fingerprint density at radius 1 is 1.32 bits per heavy atom. The molecule has 0 atom stereocenters. The average Bonchev–Trinajstić information content (AvgIpc) is 2.44. The second kappa shape index (κ2) is 11.5. The molecule has 1 aromatic carbocycles. The molecular weight excluding hydrogens is 455 g/mol. The number of nitrogens with two attached hydrogens (primary N) is 1. The first kappa shape index (κ1) is 23.9. The van der Waals surface area contributed by atoms with Crippen molar-refractivity contribution in [2.75, 3.05) is 18.8 Å². The second-order valence-corrected chi connectivity index (χ2v) is 7.50. The van der Waals surface area contributed by atoms with Gasteiger partial charge in [-0.25, -0.2) is 18.5 Å². The molecule has 1 rings (SSSR count). The normalized spacial score (nSPS) is 11.8. The molecule has 0 saturated heterocycles. The molecule has 7 nitrogen and oxygen atoms in total. The zero-order valence-corrected chi connectivity index (χ0v) is 18.4. The monoisotopic (exact) mass is 484 g/mol. The molecule has 0 aliphatic rings. The molecule has 0 aliphatic heterocycles. The van der Waals surface area contributed by atoms with Crippen molar-refractivity contribution in [3.05, 3.63) is 29.3 Å². The van der Waals surface area contributed by atoms with Crippen LogP contribution in [-0.2, 0) is 16.6 Å². The van der Waals surface area contributed by atoms with Crippen molar-refractivity contribution in [3.63, 3.8) is 0 Å². The number of hydrogen-bond acceptors (Lipinski definition) is 4. The lowest BCUT2D eigenvalue weighted by molar-refractivity contribution is 0.240. The number of primary sulfonamides is 1. The number of guanidine groups is 1. The van der Waals surface area contributed by atoms with Crippen LogP contribution in [-0.4, -0.2) is 39.3 Å². The maximum Gasteiger partial charge on any atom is 0.210 e. The quantitative estimate of drug-likeness (QED) is 0.296. The van der Waals surface area contributed by atoms with Crippen molar-refractivity contribution in [3.8, 4) is 5.75 Å². The van der Waals surface area contributed by atoms with E-state index in [9.17, 15) is 8.42 Å². The third-order valence-corrected chi connectivity index (χ3v) is 3.79. The smallest absolute Gasteiger partial charge is 0.210 e. The zero-order chi connectivity index (χ0) is 18.2. The maximum absolute atomic E-state index is 11.0. The number of benzene rings is 1. The van der Waals surface area contributed by atoms with Crippen LogP contribution in [0.4, 0.5) is 0 Å². The first-order chi connectivity index (χ1) is 11.2. The fraction of sp³-hybridized carbons (Fsp3) is 0.562. The summed E-state index contributed by atoms with van der Waals surface area (Å²) in [7, 11) is -3.49. The minimum atomic E-state index is -3.49. The van der Waals surface area contributed by atoms with Gasteiger partial charge in [-0.05, 0) is 39.3 Å². The Morgan fingerprint density at radius 2 is 2.00 bits per heavy atom. The predicted molar refractivity (Wildman–Crippen MR) is 113 cm³/mol. The van der Waals surface area contributed by atoms with Gasteiger partial charge in [0.25, 0.3) is 0 Å².